The van der Waals surface area contributed by atoms with Crippen LogP contribution in [0.3, 0.4) is 0 Å². The number of hydrogen-bond acceptors (Lipinski definition) is 4. The van der Waals surface area contributed by atoms with Gasteiger partial charge in [-0.2, -0.15) is 4.98 Å². The van der Waals surface area contributed by atoms with Gasteiger partial charge in [-0.15, -0.1) is 16.4 Å². The zero-order valence-electron chi connectivity index (χ0n) is 12.2. The quantitative estimate of drug-likeness (QED) is 0.805. The average Bonchev–Trinajstić information content (AvgIpc) is 2.98. The molecule has 21 heavy (non-hydrogen) atoms. The fourth-order valence-corrected chi connectivity index (χ4v) is 3.07. The highest BCUT2D eigenvalue weighted by Gasteiger charge is 2.09. The number of rotatable bonds is 4. The van der Waals surface area contributed by atoms with E-state index in [9.17, 15) is 0 Å². The summed E-state index contributed by atoms with van der Waals surface area (Å²) in [5, 5.41) is 6.61. The van der Waals surface area contributed by atoms with Crippen molar-refractivity contribution in [3.8, 4) is 0 Å². The lowest BCUT2D eigenvalue weighted by Crippen LogP contribution is -2.18. The number of aryl methyl sites for hydroxylation is 1. The summed E-state index contributed by atoms with van der Waals surface area (Å²) in [6, 6.07) is 8.47. The molecule has 0 amide bonds. The van der Waals surface area contributed by atoms with Crippen LogP contribution in [0.15, 0.2) is 29.6 Å². The van der Waals surface area contributed by atoms with E-state index in [1.807, 2.05) is 23.6 Å². The molecule has 0 aliphatic rings. The van der Waals surface area contributed by atoms with Crippen molar-refractivity contribution >= 4 is 28.4 Å². The number of benzene rings is 1. The Kier molecular flexibility index (Phi) is 3.86. The van der Waals surface area contributed by atoms with Gasteiger partial charge >= 0.3 is 0 Å². The van der Waals surface area contributed by atoms with Crippen LogP contribution in [0.25, 0.3) is 17.1 Å². The second-order valence-electron chi connectivity index (χ2n) is 5.32. The van der Waals surface area contributed by atoms with Gasteiger partial charge in [-0.3, -0.25) is 0 Å². The lowest BCUT2D eigenvalue weighted by molar-refractivity contribution is 0.702. The Balaban J connectivity index is 1.86. The third kappa shape index (κ3) is 3.20. The van der Waals surface area contributed by atoms with Crippen LogP contribution in [0.4, 0.5) is 0 Å². The van der Waals surface area contributed by atoms with Crippen LogP contribution in [0.5, 0.6) is 0 Å². The van der Waals surface area contributed by atoms with Crippen molar-refractivity contribution in [3.05, 3.63) is 52.3 Å². The van der Waals surface area contributed by atoms with Crippen LogP contribution >= 0.6 is 11.3 Å². The largest absolute Gasteiger partial charge is 0.328 e. The van der Waals surface area contributed by atoms with E-state index in [-0.39, 0.29) is 6.04 Å². The maximum atomic E-state index is 5.86. The number of nitrogens with two attached hydrogens (primary N) is 1. The van der Waals surface area contributed by atoms with Gasteiger partial charge in [0.2, 0.25) is 4.96 Å². The molecule has 108 valence electrons. The number of fused-ring (bicyclic) bond motifs is 1. The van der Waals surface area contributed by atoms with Crippen LogP contribution in [-0.2, 0) is 6.42 Å². The summed E-state index contributed by atoms with van der Waals surface area (Å²) in [7, 11) is 0. The van der Waals surface area contributed by atoms with E-state index in [4.69, 9.17) is 5.73 Å². The summed E-state index contributed by atoms with van der Waals surface area (Å²) in [6.45, 7) is 4.08. The van der Waals surface area contributed by atoms with Crippen LogP contribution < -0.4 is 5.73 Å². The van der Waals surface area contributed by atoms with Gasteiger partial charge < -0.3 is 5.73 Å². The van der Waals surface area contributed by atoms with Gasteiger partial charge in [-0.25, -0.2) is 4.52 Å². The minimum atomic E-state index is 0.123. The summed E-state index contributed by atoms with van der Waals surface area (Å²) in [5.41, 5.74) is 9.38. The second kappa shape index (κ2) is 5.79. The van der Waals surface area contributed by atoms with Crippen molar-refractivity contribution in [3.63, 3.8) is 0 Å². The summed E-state index contributed by atoms with van der Waals surface area (Å²) in [6.07, 6.45) is 4.80. The monoisotopic (exact) mass is 298 g/mol. The van der Waals surface area contributed by atoms with E-state index in [1.54, 1.807) is 11.3 Å². The van der Waals surface area contributed by atoms with Gasteiger partial charge in [-0.05, 0) is 25.5 Å². The first kappa shape index (κ1) is 14.0. The van der Waals surface area contributed by atoms with E-state index < -0.39 is 0 Å². The zero-order chi connectivity index (χ0) is 14.8. The third-order valence-electron chi connectivity index (χ3n) is 3.16. The summed E-state index contributed by atoms with van der Waals surface area (Å²) in [5.74, 6) is 0.731. The standard InChI is InChI=1S/C16H18N4S/c1-11-4-3-5-13(8-11)6-7-15-18-16-20(19-15)14(10-21-16)9-12(2)17/h3-8,10,12H,9,17H2,1-2H3/b7-6+. The molecule has 3 rings (SSSR count). The minimum Gasteiger partial charge on any atom is -0.328 e. The maximum absolute atomic E-state index is 5.86. The molecular weight excluding hydrogens is 280 g/mol. The van der Waals surface area contributed by atoms with E-state index in [1.165, 1.54) is 5.56 Å². The molecule has 1 aromatic carbocycles. The molecule has 2 aromatic heterocycles. The van der Waals surface area contributed by atoms with Crippen molar-refractivity contribution in [1.82, 2.24) is 14.6 Å². The predicted molar refractivity (Wildman–Crippen MR) is 88.3 cm³/mol. The Morgan fingerprint density at radius 3 is 3.00 bits per heavy atom. The molecule has 2 heterocycles. The molecule has 5 heteroatoms. The van der Waals surface area contributed by atoms with Crippen molar-refractivity contribution in [1.29, 1.82) is 0 Å². The molecule has 0 aliphatic heterocycles. The Labute approximate surface area is 127 Å². The zero-order valence-corrected chi connectivity index (χ0v) is 13.0. The van der Waals surface area contributed by atoms with Crippen LogP contribution in [0.2, 0.25) is 0 Å². The van der Waals surface area contributed by atoms with Gasteiger partial charge in [-0.1, -0.05) is 35.9 Å². The van der Waals surface area contributed by atoms with Crippen LogP contribution in [0.1, 0.15) is 29.6 Å². The van der Waals surface area contributed by atoms with E-state index in [0.717, 1.165) is 28.5 Å². The van der Waals surface area contributed by atoms with Gasteiger partial charge in [0.25, 0.3) is 0 Å². The molecule has 0 saturated carbocycles. The van der Waals surface area contributed by atoms with Gasteiger partial charge in [0.15, 0.2) is 5.82 Å². The molecular formula is C16H18N4S. The molecule has 0 bridgehead atoms. The van der Waals surface area contributed by atoms with E-state index in [2.05, 4.69) is 46.7 Å². The summed E-state index contributed by atoms with van der Waals surface area (Å²) < 4.78 is 1.89. The first-order valence-corrected chi connectivity index (χ1v) is 7.83. The van der Waals surface area contributed by atoms with Crippen molar-refractivity contribution in [2.45, 2.75) is 26.3 Å². The number of nitrogens with zero attached hydrogens (tertiary/aromatic N) is 3. The SMILES string of the molecule is Cc1cccc(/C=C/c2nc3scc(CC(C)N)n3n2)c1. The molecule has 4 nitrogen and oxygen atoms in total. The lowest BCUT2D eigenvalue weighted by Gasteiger charge is -2.01. The van der Waals surface area contributed by atoms with Crippen molar-refractivity contribution in [2.24, 2.45) is 5.73 Å². The normalized spacial score (nSPS) is 13.3. The van der Waals surface area contributed by atoms with Gasteiger partial charge in [0, 0.05) is 17.8 Å². The summed E-state index contributed by atoms with van der Waals surface area (Å²) in [4.78, 5) is 5.43. The Morgan fingerprint density at radius 2 is 2.24 bits per heavy atom. The predicted octanol–water partition coefficient (Wildman–Crippen LogP) is 3.16. The van der Waals surface area contributed by atoms with Crippen molar-refractivity contribution in [2.75, 3.05) is 0 Å². The topological polar surface area (TPSA) is 56.2 Å². The smallest absolute Gasteiger partial charge is 0.212 e. The minimum absolute atomic E-state index is 0.123. The van der Waals surface area contributed by atoms with Crippen LogP contribution in [-0.4, -0.2) is 20.6 Å². The highest BCUT2D eigenvalue weighted by molar-refractivity contribution is 7.15. The van der Waals surface area contributed by atoms with Crippen LogP contribution in [0, 0.1) is 6.92 Å². The first-order valence-electron chi connectivity index (χ1n) is 6.95. The summed E-state index contributed by atoms with van der Waals surface area (Å²) >= 11 is 1.60. The number of hydrogen-bond donors (Lipinski definition) is 1. The fraction of sp³-hybridized carbons (Fsp3) is 0.250. The Hall–Kier alpha value is -1.98. The molecule has 2 N–H and O–H groups in total. The van der Waals surface area contributed by atoms with E-state index in [0.29, 0.717) is 0 Å². The molecule has 1 unspecified atom stereocenters. The number of aromatic nitrogens is 3. The van der Waals surface area contributed by atoms with E-state index >= 15 is 0 Å². The highest BCUT2D eigenvalue weighted by Crippen LogP contribution is 2.17. The molecule has 0 fully saturated rings. The molecule has 0 spiro atoms. The first-order chi connectivity index (χ1) is 10.1. The molecule has 1 atom stereocenters. The molecule has 0 aliphatic carbocycles. The lowest BCUT2D eigenvalue weighted by atomic mass is 10.1. The third-order valence-corrected chi connectivity index (χ3v) is 4.03. The van der Waals surface area contributed by atoms with Gasteiger partial charge in [0.1, 0.15) is 0 Å². The molecule has 0 saturated heterocycles. The fourth-order valence-electron chi connectivity index (χ4n) is 2.23. The molecule has 3 aromatic rings. The van der Waals surface area contributed by atoms with Gasteiger partial charge in [0.05, 0.1) is 5.69 Å². The number of thiazole rings is 1. The Morgan fingerprint density at radius 1 is 1.38 bits per heavy atom. The second-order valence-corrected chi connectivity index (χ2v) is 6.16. The Bertz CT molecular complexity index is 783. The average molecular weight is 298 g/mol. The highest BCUT2D eigenvalue weighted by atomic mass is 32.1. The maximum Gasteiger partial charge on any atom is 0.212 e. The van der Waals surface area contributed by atoms with Crippen molar-refractivity contribution < 1.29 is 0 Å². The molecule has 0 radical (unpaired) electrons.